The van der Waals surface area contributed by atoms with Crippen molar-refractivity contribution in [2.75, 3.05) is 0 Å². The molecule has 0 aliphatic heterocycles. The maximum absolute atomic E-state index is 12.0. The Labute approximate surface area is 139 Å². The predicted molar refractivity (Wildman–Crippen MR) is 94.0 cm³/mol. The fourth-order valence-electron chi connectivity index (χ4n) is 2.21. The van der Waals surface area contributed by atoms with Gasteiger partial charge in [-0.1, -0.05) is 29.8 Å². The molecule has 2 aromatic carbocycles. The van der Waals surface area contributed by atoms with Gasteiger partial charge in [0.15, 0.2) is 0 Å². The number of rotatable bonds is 5. The van der Waals surface area contributed by atoms with Crippen molar-refractivity contribution in [3.63, 3.8) is 0 Å². The van der Waals surface area contributed by atoms with Gasteiger partial charge in [-0.2, -0.15) is 5.10 Å². The first kappa shape index (κ1) is 17.1. The van der Waals surface area contributed by atoms with Gasteiger partial charge >= 0.3 is 0 Å². The number of allylic oxidation sites excluding steroid dienone is 1. The number of aryl methyl sites for hydroxylation is 2. The topological polar surface area (TPSA) is 84.6 Å². The number of carbonyl (C=O) groups is 1. The fraction of sp³-hybridized carbons (Fsp3) is 0.111. The number of amides is 1. The molecule has 0 heterocycles. The van der Waals surface area contributed by atoms with Gasteiger partial charge in [0, 0.05) is 17.8 Å². The van der Waals surface area contributed by atoms with Crippen molar-refractivity contribution < 1.29 is 9.72 Å². The molecule has 0 saturated heterocycles. The van der Waals surface area contributed by atoms with E-state index in [1.54, 1.807) is 30.3 Å². The largest absolute Gasteiger partial charge is 0.276 e. The SMILES string of the molecule is Cc1ccc(C(=O)NN=CC=Cc2ccccc2[N+](=O)[O-])c(C)c1. The van der Waals surface area contributed by atoms with Crippen LogP contribution in [0.4, 0.5) is 5.69 Å². The number of hydrazone groups is 1. The minimum Gasteiger partial charge on any atom is -0.267 e. The van der Waals surface area contributed by atoms with Crippen LogP contribution in [0, 0.1) is 24.0 Å². The highest BCUT2D eigenvalue weighted by molar-refractivity contribution is 5.96. The Hall–Kier alpha value is -3.28. The summed E-state index contributed by atoms with van der Waals surface area (Å²) in [5.74, 6) is -0.303. The van der Waals surface area contributed by atoms with Crippen LogP contribution in [0.5, 0.6) is 0 Å². The molecule has 2 aromatic rings. The average Bonchev–Trinajstić information content (AvgIpc) is 2.54. The van der Waals surface area contributed by atoms with Gasteiger partial charge in [0.2, 0.25) is 0 Å². The Morgan fingerprint density at radius 1 is 1.21 bits per heavy atom. The first-order chi connectivity index (χ1) is 11.5. The van der Waals surface area contributed by atoms with Crippen molar-refractivity contribution in [1.82, 2.24) is 5.43 Å². The lowest BCUT2D eigenvalue weighted by Gasteiger charge is -2.04. The zero-order valence-electron chi connectivity index (χ0n) is 13.4. The molecule has 0 atom stereocenters. The molecular weight excluding hydrogens is 306 g/mol. The van der Waals surface area contributed by atoms with Crippen LogP contribution in [0.25, 0.3) is 6.08 Å². The lowest BCUT2D eigenvalue weighted by molar-refractivity contribution is -0.385. The van der Waals surface area contributed by atoms with E-state index in [0.717, 1.165) is 11.1 Å². The molecule has 0 fully saturated rings. The molecule has 0 saturated carbocycles. The fourth-order valence-corrected chi connectivity index (χ4v) is 2.21. The summed E-state index contributed by atoms with van der Waals surface area (Å²) in [6.07, 6.45) is 4.47. The van der Waals surface area contributed by atoms with Crippen LogP contribution in [0.15, 0.2) is 53.6 Å². The number of hydrogen-bond donors (Lipinski definition) is 1. The van der Waals surface area contributed by atoms with E-state index >= 15 is 0 Å². The highest BCUT2D eigenvalue weighted by Crippen LogP contribution is 2.18. The van der Waals surface area contributed by atoms with Crippen molar-refractivity contribution in [2.24, 2.45) is 5.10 Å². The molecule has 0 radical (unpaired) electrons. The van der Waals surface area contributed by atoms with E-state index in [-0.39, 0.29) is 11.6 Å². The van der Waals surface area contributed by atoms with E-state index in [0.29, 0.717) is 11.1 Å². The van der Waals surface area contributed by atoms with E-state index in [2.05, 4.69) is 10.5 Å². The molecule has 0 aliphatic rings. The first-order valence-corrected chi connectivity index (χ1v) is 7.30. The molecular formula is C18H17N3O3. The maximum Gasteiger partial charge on any atom is 0.276 e. The molecule has 0 unspecified atom stereocenters. The minimum atomic E-state index is -0.446. The number of nitrogens with one attached hydrogen (secondary N) is 1. The molecule has 0 aromatic heterocycles. The second-order valence-electron chi connectivity index (χ2n) is 5.21. The van der Waals surface area contributed by atoms with Crippen molar-refractivity contribution in [3.8, 4) is 0 Å². The number of carbonyl (C=O) groups excluding carboxylic acids is 1. The maximum atomic E-state index is 12.0. The van der Waals surface area contributed by atoms with E-state index < -0.39 is 4.92 Å². The number of nitro benzene ring substituents is 1. The van der Waals surface area contributed by atoms with Crippen LogP contribution in [0.3, 0.4) is 0 Å². The number of para-hydroxylation sites is 1. The van der Waals surface area contributed by atoms with Gasteiger partial charge in [0.05, 0.1) is 10.5 Å². The molecule has 24 heavy (non-hydrogen) atoms. The summed E-state index contributed by atoms with van der Waals surface area (Å²) in [6, 6.07) is 11.9. The highest BCUT2D eigenvalue weighted by atomic mass is 16.6. The first-order valence-electron chi connectivity index (χ1n) is 7.30. The van der Waals surface area contributed by atoms with Crippen LogP contribution >= 0.6 is 0 Å². The third-order valence-corrected chi connectivity index (χ3v) is 3.36. The van der Waals surface area contributed by atoms with Gasteiger partial charge in [-0.25, -0.2) is 5.43 Å². The second kappa shape index (κ2) is 7.82. The summed E-state index contributed by atoms with van der Waals surface area (Å²) in [4.78, 5) is 22.5. The Balaban J connectivity index is 2.00. The van der Waals surface area contributed by atoms with Crippen LogP contribution in [-0.4, -0.2) is 17.0 Å². The third kappa shape index (κ3) is 4.36. The average molecular weight is 323 g/mol. The zero-order valence-corrected chi connectivity index (χ0v) is 13.4. The van der Waals surface area contributed by atoms with E-state index in [1.165, 1.54) is 18.4 Å². The number of nitro groups is 1. The second-order valence-corrected chi connectivity index (χ2v) is 5.21. The number of benzene rings is 2. The monoisotopic (exact) mass is 323 g/mol. The molecule has 0 spiro atoms. The highest BCUT2D eigenvalue weighted by Gasteiger charge is 2.09. The molecule has 1 amide bonds. The summed E-state index contributed by atoms with van der Waals surface area (Å²) in [6.45, 7) is 3.82. The number of nitrogens with zero attached hydrogens (tertiary/aromatic N) is 2. The molecule has 6 nitrogen and oxygen atoms in total. The van der Waals surface area contributed by atoms with Gasteiger partial charge < -0.3 is 0 Å². The smallest absolute Gasteiger partial charge is 0.267 e. The van der Waals surface area contributed by atoms with E-state index in [9.17, 15) is 14.9 Å². The summed E-state index contributed by atoms with van der Waals surface area (Å²) in [5.41, 5.74) is 5.42. The van der Waals surface area contributed by atoms with Gasteiger partial charge in [-0.15, -0.1) is 0 Å². The summed E-state index contributed by atoms with van der Waals surface area (Å²) < 4.78 is 0. The zero-order chi connectivity index (χ0) is 17.5. The van der Waals surface area contributed by atoms with Crippen LogP contribution in [-0.2, 0) is 0 Å². The van der Waals surface area contributed by atoms with Crippen molar-refractivity contribution in [2.45, 2.75) is 13.8 Å². The summed E-state index contributed by atoms with van der Waals surface area (Å²) >= 11 is 0. The number of hydrogen-bond acceptors (Lipinski definition) is 4. The summed E-state index contributed by atoms with van der Waals surface area (Å²) in [7, 11) is 0. The van der Waals surface area contributed by atoms with Gasteiger partial charge in [-0.3, -0.25) is 14.9 Å². The molecule has 6 heteroatoms. The predicted octanol–water partition coefficient (Wildman–Crippen LogP) is 3.64. The van der Waals surface area contributed by atoms with E-state index in [1.807, 2.05) is 26.0 Å². The minimum absolute atomic E-state index is 0.0152. The van der Waals surface area contributed by atoms with Crippen LogP contribution in [0.1, 0.15) is 27.0 Å². The molecule has 1 N–H and O–H groups in total. The normalized spacial score (nSPS) is 11.1. The van der Waals surface area contributed by atoms with Crippen LogP contribution < -0.4 is 5.43 Å². The lowest BCUT2D eigenvalue weighted by Crippen LogP contribution is -2.18. The quantitative estimate of drug-likeness (QED) is 0.518. The Kier molecular flexibility index (Phi) is 5.57. The third-order valence-electron chi connectivity index (χ3n) is 3.36. The molecule has 122 valence electrons. The molecule has 0 bridgehead atoms. The van der Waals surface area contributed by atoms with Gasteiger partial charge in [0.1, 0.15) is 0 Å². The molecule has 2 rings (SSSR count). The van der Waals surface area contributed by atoms with Crippen LogP contribution in [0.2, 0.25) is 0 Å². The van der Waals surface area contributed by atoms with Gasteiger partial charge in [-0.05, 0) is 43.7 Å². The summed E-state index contributed by atoms with van der Waals surface area (Å²) in [5, 5.41) is 14.7. The Morgan fingerprint density at radius 2 is 1.96 bits per heavy atom. The standard InChI is InChI=1S/C18H17N3O3/c1-13-9-10-16(14(2)12-13)18(22)20-19-11-5-7-15-6-3-4-8-17(15)21(23)24/h3-12H,1-2H3,(H,20,22). The Bertz CT molecular complexity index is 826. The van der Waals surface area contributed by atoms with Crippen molar-refractivity contribution in [1.29, 1.82) is 0 Å². The van der Waals surface area contributed by atoms with Gasteiger partial charge in [0.25, 0.3) is 11.6 Å². The van der Waals surface area contributed by atoms with E-state index in [4.69, 9.17) is 0 Å². The lowest BCUT2D eigenvalue weighted by atomic mass is 10.1. The molecule has 0 aliphatic carbocycles. The Morgan fingerprint density at radius 3 is 2.67 bits per heavy atom. The van der Waals surface area contributed by atoms with Crippen molar-refractivity contribution >= 4 is 23.9 Å². The van der Waals surface area contributed by atoms with Crippen molar-refractivity contribution in [3.05, 3.63) is 80.9 Å².